The number of aromatic carboxylic acids is 1. The molecule has 2 rings (SSSR count). The Bertz CT molecular complexity index is 532. The number of carboxylic acids is 1. The average Bonchev–Trinajstić information content (AvgIpc) is 2.31. The van der Waals surface area contributed by atoms with Gasteiger partial charge in [0, 0.05) is 12.4 Å². The minimum Gasteiger partial charge on any atom is -0.478 e. The van der Waals surface area contributed by atoms with Crippen LogP contribution in [0.25, 0.3) is 0 Å². The lowest BCUT2D eigenvalue weighted by atomic mass is 9.95. The number of pyridine rings is 1. The molecule has 0 saturated carbocycles. The Morgan fingerprint density at radius 1 is 1.35 bits per heavy atom. The molecule has 0 spiro atoms. The fourth-order valence-electron chi connectivity index (χ4n) is 1.85. The number of halogens is 1. The highest BCUT2D eigenvalue weighted by Crippen LogP contribution is 2.22. The highest BCUT2D eigenvalue weighted by Gasteiger charge is 2.15. The summed E-state index contributed by atoms with van der Waals surface area (Å²) in [7, 11) is 0. The first-order valence-electron chi connectivity index (χ1n) is 5.31. The minimum absolute atomic E-state index is 0.197. The topological polar surface area (TPSA) is 50.2 Å². The number of fused-ring (bicyclic) bond motifs is 1. The van der Waals surface area contributed by atoms with Gasteiger partial charge in [-0.2, -0.15) is 0 Å². The second kappa shape index (κ2) is 4.49. The summed E-state index contributed by atoms with van der Waals surface area (Å²) in [6.07, 6.45) is 6.90. The fraction of sp³-hybridized carbons (Fsp3) is 0.231. The summed E-state index contributed by atoms with van der Waals surface area (Å²) in [5.41, 5.74) is 2.23. The van der Waals surface area contributed by atoms with Crippen LogP contribution in [-0.4, -0.2) is 16.1 Å². The van der Waals surface area contributed by atoms with Gasteiger partial charge in [-0.3, -0.25) is 4.98 Å². The molecule has 0 radical (unpaired) electrons. The molecule has 0 bridgehead atoms. The van der Waals surface area contributed by atoms with Crippen molar-refractivity contribution < 1.29 is 14.3 Å². The minimum atomic E-state index is -0.995. The number of carboxylic acid groups (broad SMARTS) is 1. The van der Waals surface area contributed by atoms with Crippen molar-refractivity contribution in [3.63, 3.8) is 0 Å². The van der Waals surface area contributed by atoms with Crippen LogP contribution in [0.5, 0.6) is 0 Å². The molecule has 0 atom stereocenters. The van der Waals surface area contributed by atoms with Crippen molar-refractivity contribution in [2.24, 2.45) is 0 Å². The van der Waals surface area contributed by atoms with Crippen molar-refractivity contribution in [3.8, 4) is 0 Å². The number of nitrogens with zero attached hydrogens (tertiary/aromatic N) is 1. The van der Waals surface area contributed by atoms with E-state index in [1.165, 1.54) is 12.3 Å². The van der Waals surface area contributed by atoms with E-state index in [9.17, 15) is 9.18 Å². The fourth-order valence-corrected chi connectivity index (χ4v) is 1.85. The SMILES string of the molecule is CC1=C\Cc2c(cncc2C(=O)O)C/C=C\1F. The van der Waals surface area contributed by atoms with E-state index in [1.807, 2.05) is 0 Å². The predicted octanol–water partition coefficient (Wildman–Crippen LogP) is 2.68. The van der Waals surface area contributed by atoms with Gasteiger partial charge in [-0.25, -0.2) is 9.18 Å². The first-order chi connectivity index (χ1) is 8.09. The first-order valence-corrected chi connectivity index (χ1v) is 5.31. The molecule has 1 heterocycles. The van der Waals surface area contributed by atoms with Crippen molar-refractivity contribution in [1.29, 1.82) is 0 Å². The van der Waals surface area contributed by atoms with Crippen LogP contribution in [0.2, 0.25) is 0 Å². The smallest absolute Gasteiger partial charge is 0.337 e. The lowest BCUT2D eigenvalue weighted by Gasteiger charge is -2.12. The molecule has 0 unspecified atom stereocenters. The molecule has 0 amide bonds. The zero-order chi connectivity index (χ0) is 12.4. The Kier molecular flexibility index (Phi) is 3.04. The van der Waals surface area contributed by atoms with Gasteiger partial charge in [-0.15, -0.1) is 0 Å². The van der Waals surface area contributed by atoms with Crippen LogP contribution in [0, 0.1) is 0 Å². The van der Waals surface area contributed by atoms with Gasteiger partial charge in [0.15, 0.2) is 0 Å². The standard InChI is InChI=1S/C13H12FNO2/c1-8-2-4-10-9(3-5-12(8)14)6-15-7-11(10)13(16)17/h2,5-7H,3-4H2,1H3,(H,16,17)/b8-2+,12-5+. The Morgan fingerprint density at radius 2 is 2.12 bits per heavy atom. The molecule has 0 aliphatic heterocycles. The van der Waals surface area contributed by atoms with E-state index < -0.39 is 5.97 Å². The van der Waals surface area contributed by atoms with E-state index in [1.54, 1.807) is 19.2 Å². The Hall–Kier alpha value is -1.97. The molecule has 0 saturated heterocycles. The summed E-state index contributed by atoms with van der Waals surface area (Å²) < 4.78 is 13.4. The largest absolute Gasteiger partial charge is 0.478 e. The summed E-state index contributed by atoms with van der Waals surface area (Å²) in [5, 5.41) is 9.07. The maximum atomic E-state index is 13.4. The van der Waals surface area contributed by atoms with Gasteiger partial charge in [-0.05, 0) is 42.5 Å². The summed E-state index contributed by atoms with van der Waals surface area (Å²) in [6.45, 7) is 1.68. The maximum Gasteiger partial charge on any atom is 0.337 e. The van der Waals surface area contributed by atoms with Gasteiger partial charge in [0.25, 0.3) is 0 Å². The van der Waals surface area contributed by atoms with Crippen LogP contribution in [0.3, 0.4) is 0 Å². The lowest BCUT2D eigenvalue weighted by Crippen LogP contribution is -2.07. The molecular weight excluding hydrogens is 221 g/mol. The number of rotatable bonds is 1. The van der Waals surface area contributed by atoms with Crippen LogP contribution < -0.4 is 0 Å². The van der Waals surface area contributed by atoms with E-state index in [2.05, 4.69) is 4.98 Å². The van der Waals surface area contributed by atoms with Crippen molar-refractivity contribution >= 4 is 5.97 Å². The van der Waals surface area contributed by atoms with E-state index in [-0.39, 0.29) is 11.4 Å². The van der Waals surface area contributed by atoms with Gasteiger partial charge in [-0.1, -0.05) is 6.08 Å². The van der Waals surface area contributed by atoms with Gasteiger partial charge >= 0.3 is 5.97 Å². The maximum absolute atomic E-state index is 13.4. The molecule has 4 heteroatoms. The van der Waals surface area contributed by atoms with Crippen LogP contribution in [0.1, 0.15) is 28.4 Å². The van der Waals surface area contributed by atoms with E-state index in [0.717, 1.165) is 11.1 Å². The van der Waals surface area contributed by atoms with Crippen molar-refractivity contribution in [2.75, 3.05) is 0 Å². The quantitative estimate of drug-likeness (QED) is 0.811. The molecule has 1 aromatic rings. The number of allylic oxidation sites excluding steroid dienone is 4. The summed E-state index contributed by atoms with van der Waals surface area (Å²) in [6, 6.07) is 0. The third-order valence-corrected chi connectivity index (χ3v) is 2.87. The number of aromatic nitrogens is 1. The Balaban J connectivity index is 2.54. The third-order valence-electron chi connectivity index (χ3n) is 2.87. The summed E-state index contributed by atoms with van der Waals surface area (Å²) in [4.78, 5) is 14.9. The van der Waals surface area contributed by atoms with Crippen molar-refractivity contribution in [3.05, 3.63) is 52.6 Å². The molecule has 1 aromatic heterocycles. The molecule has 17 heavy (non-hydrogen) atoms. The normalized spacial score (nSPS) is 21.3. The molecule has 0 aromatic carbocycles. The number of hydrogen-bond acceptors (Lipinski definition) is 2. The van der Waals surface area contributed by atoms with E-state index in [4.69, 9.17) is 5.11 Å². The molecule has 1 N–H and O–H groups in total. The van der Waals surface area contributed by atoms with Crippen LogP contribution in [0.15, 0.2) is 35.9 Å². The molecular formula is C13H12FNO2. The molecule has 3 nitrogen and oxygen atoms in total. The van der Waals surface area contributed by atoms with Crippen molar-refractivity contribution in [2.45, 2.75) is 19.8 Å². The lowest BCUT2D eigenvalue weighted by molar-refractivity contribution is 0.0695. The first kappa shape index (κ1) is 11.5. The van der Waals surface area contributed by atoms with Gasteiger partial charge < -0.3 is 5.11 Å². The third kappa shape index (κ3) is 2.25. The van der Waals surface area contributed by atoms with Gasteiger partial charge in [0.2, 0.25) is 0 Å². The van der Waals surface area contributed by atoms with E-state index >= 15 is 0 Å². The summed E-state index contributed by atoms with van der Waals surface area (Å²) >= 11 is 0. The molecule has 88 valence electrons. The highest BCUT2D eigenvalue weighted by atomic mass is 19.1. The van der Waals surface area contributed by atoms with Gasteiger partial charge in [0.1, 0.15) is 5.83 Å². The second-order valence-electron chi connectivity index (χ2n) is 3.98. The summed E-state index contributed by atoms with van der Waals surface area (Å²) in [5.74, 6) is -1.25. The number of carbonyl (C=O) groups is 1. The highest BCUT2D eigenvalue weighted by molar-refractivity contribution is 5.89. The average molecular weight is 233 g/mol. The van der Waals surface area contributed by atoms with Crippen molar-refractivity contribution in [1.82, 2.24) is 4.98 Å². The zero-order valence-corrected chi connectivity index (χ0v) is 9.40. The monoisotopic (exact) mass is 233 g/mol. The van der Waals surface area contributed by atoms with Gasteiger partial charge in [0.05, 0.1) is 5.56 Å². The second-order valence-corrected chi connectivity index (χ2v) is 3.98. The molecule has 1 aliphatic rings. The predicted molar refractivity (Wildman–Crippen MR) is 61.6 cm³/mol. The zero-order valence-electron chi connectivity index (χ0n) is 9.40. The van der Waals surface area contributed by atoms with Crippen LogP contribution in [-0.2, 0) is 12.8 Å². The molecule has 1 aliphatic carbocycles. The number of hydrogen-bond donors (Lipinski definition) is 1. The van der Waals surface area contributed by atoms with Crippen LogP contribution in [0.4, 0.5) is 4.39 Å². The Morgan fingerprint density at radius 3 is 2.82 bits per heavy atom. The van der Waals surface area contributed by atoms with E-state index in [0.29, 0.717) is 18.4 Å². The molecule has 0 fully saturated rings. The Labute approximate surface area is 98.3 Å². The van der Waals surface area contributed by atoms with Crippen LogP contribution >= 0.6 is 0 Å².